The van der Waals surface area contributed by atoms with Gasteiger partial charge in [0, 0.05) is 18.6 Å². The Hall–Kier alpha value is -0.500. The van der Waals surface area contributed by atoms with Crippen LogP contribution in [0.15, 0.2) is 12.4 Å². The fraction of sp³-hybridized carbons (Fsp3) is 0.824. The average Bonchev–Trinajstić information content (AvgIpc) is 2.94. The first kappa shape index (κ1) is 15.9. The van der Waals surface area contributed by atoms with Gasteiger partial charge in [0.2, 0.25) is 0 Å². The van der Waals surface area contributed by atoms with Crippen LogP contribution in [0.4, 0.5) is 0 Å². The maximum atomic E-state index is 6.35. The summed E-state index contributed by atoms with van der Waals surface area (Å²) < 4.78 is 2.02. The predicted molar refractivity (Wildman–Crippen MR) is 86.2 cm³/mol. The number of aromatic nitrogens is 2. The number of rotatable bonds is 7. The molecule has 0 aromatic carbocycles. The molecule has 1 saturated carbocycles. The smallest absolute Gasteiger partial charge is 0.0521 e. The van der Waals surface area contributed by atoms with Gasteiger partial charge in [-0.05, 0) is 55.9 Å². The number of unbranched alkanes of at least 4 members (excludes halogenated alkanes) is 1. The molecule has 1 aromatic heterocycles. The molecule has 0 bridgehead atoms. The lowest BCUT2D eigenvalue weighted by Gasteiger charge is -2.39. The molecule has 1 aliphatic rings. The Morgan fingerprint density at radius 3 is 2.65 bits per heavy atom. The molecule has 114 valence electrons. The minimum absolute atomic E-state index is 0.325. The van der Waals surface area contributed by atoms with Gasteiger partial charge in [-0.15, -0.1) is 11.6 Å². The molecular weight excluding hydrogens is 268 g/mol. The fourth-order valence-corrected chi connectivity index (χ4v) is 3.89. The molecule has 2 nitrogen and oxygen atoms in total. The standard InChI is InChI=1S/C17H29ClN2/c1-3-5-6-15-7-9-17(14-18,10-8-15)11-16-12-19-20(4-2)13-16/h12-13,15H,3-11,14H2,1-2H3. The van der Waals surface area contributed by atoms with Crippen LogP contribution in [0.1, 0.15) is 64.4 Å². The molecule has 3 heteroatoms. The lowest BCUT2D eigenvalue weighted by molar-refractivity contribution is 0.166. The van der Waals surface area contributed by atoms with Crippen LogP contribution in [0.5, 0.6) is 0 Å². The third kappa shape index (κ3) is 4.00. The highest BCUT2D eigenvalue weighted by atomic mass is 35.5. The van der Waals surface area contributed by atoms with Crippen LogP contribution in [0.3, 0.4) is 0 Å². The highest BCUT2D eigenvalue weighted by molar-refractivity contribution is 6.18. The molecule has 2 rings (SSSR count). The lowest BCUT2D eigenvalue weighted by Crippen LogP contribution is -2.31. The Morgan fingerprint density at radius 1 is 1.35 bits per heavy atom. The lowest BCUT2D eigenvalue weighted by atomic mass is 9.68. The van der Waals surface area contributed by atoms with Crippen molar-refractivity contribution < 1.29 is 0 Å². The van der Waals surface area contributed by atoms with Crippen molar-refractivity contribution in [2.45, 2.75) is 71.8 Å². The molecule has 20 heavy (non-hydrogen) atoms. The first-order valence-corrected chi connectivity index (χ1v) is 8.82. The summed E-state index contributed by atoms with van der Waals surface area (Å²) in [5.41, 5.74) is 1.69. The zero-order chi connectivity index (χ0) is 14.4. The Labute approximate surface area is 128 Å². The average molecular weight is 297 g/mol. The van der Waals surface area contributed by atoms with E-state index in [1.54, 1.807) is 0 Å². The predicted octanol–water partition coefficient (Wildman–Crippen LogP) is 5.05. The Morgan fingerprint density at radius 2 is 2.10 bits per heavy atom. The number of halogens is 1. The Kier molecular flexibility index (Phi) is 5.95. The van der Waals surface area contributed by atoms with Crippen LogP contribution < -0.4 is 0 Å². The fourth-order valence-electron chi connectivity index (χ4n) is 3.53. The summed E-state index contributed by atoms with van der Waals surface area (Å²) >= 11 is 6.35. The molecule has 1 heterocycles. The van der Waals surface area contributed by atoms with E-state index in [-0.39, 0.29) is 0 Å². The van der Waals surface area contributed by atoms with Crippen LogP contribution in [0.2, 0.25) is 0 Å². The van der Waals surface area contributed by atoms with Crippen molar-refractivity contribution in [3.05, 3.63) is 18.0 Å². The van der Waals surface area contributed by atoms with E-state index in [9.17, 15) is 0 Å². The molecule has 0 radical (unpaired) electrons. The minimum atomic E-state index is 0.325. The third-order valence-corrected chi connectivity index (χ3v) is 5.57. The van der Waals surface area contributed by atoms with Crippen molar-refractivity contribution in [3.63, 3.8) is 0 Å². The molecule has 1 aromatic rings. The normalized spacial score (nSPS) is 26.9. The van der Waals surface area contributed by atoms with Gasteiger partial charge in [-0.3, -0.25) is 4.68 Å². The van der Waals surface area contributed by atoms with Crippen molar-refractivity contribution in [1.29, 1.82) is 0 Å². The van der Waals surface area contributed by atoms with Gasteiger partial charge < -0.3 is 0 Å². The quantitative estimate of drug-likeness (QED) is 0.644. The largest absolute Gasteiger partial charge is 0.273 e. The van der Waals surface area contributed by atoms with Gasteiger partial charge in [0.05, 0.1) is 6.20 Å². The third-order valence-electron chi connectivity index (χ3n) is 5.01. The second-order valence-electron chi connectivity index (χ2n) is 6.60. The van der Waals surface area contributed by atoms with Crippen LogP contribution in [0.25, 0.3) is 0 Å². The van der Waals surface area contributed by atoms with Crippen molar-refractivity contribution in [2.75, 3.05) is 5.88 Å². The number of hydrogen-bond acceptors (Lipinski definition) is 1. The zero-order valence-electron chi connectivity index (χ0n) is 13.1. The van der Waals surface area contributed by atoms with E-state index in [0.29, 0.717) is 5.41 Å². The van der Waals surface area contributed by atoms with E-state index in [4.69, 9.17) is 11.6 Å². The molecule has 0 atom stereocenters. The summed E-state index contributed by atoms with van der Waals surface area (Å²) in [6.07, 6.45) is 14.8. The summed E-state index contributed by atoms with van der Waals surface area (Å²) in [7, 11) is 0. The van der Waals surface area contributed by atoms with Gasteiger partial charge >= 0.3 is 0 Å². The van der Waals surface area contributed by atoms with Gasteiger partial charge in [-0.25, -0.2) is 0 Å². The highest BCUT2D eigenvalue weighted by Crippen LogP contribution is 2.43. The maximum absolute atomic E-state index is 6.35. The molecule has 0 spiro atoms. The summed E-state index contributed by atoms with van der Waals surface area (Å²) in [6.45, 7) is 5.37. The first-order chi connectivity index (χ1) is 9.71. The van der Waals surface area contributed by atoms with Gasteiger partial charge in [0.15, 0.2) is 0 Å². The van der Waals surface area contributed by atoms with Gasteiger partial charge in [-0.1, -0.05) is 26.2 Å². The summed E-state index contributed by atoms with van der Waals surface area (Å²) in [5.74, 6) is 1.75. The van der Waals surface area contributed by atoms with Crippen molar-refractivity contribution in [3.8, 4) is 0 Å². The van der Waals surface area contributed by atoms with Gasteiger partial charge in [0.1, 0.15) is 0 Å². The summed E-state index contributed by atoms with van der Waals surface area (Å²) in [4.78, 5) is 0. The number of hydrogen-bond donors (Lipinski definition) is 0. The first-order valence-electron chi connectivity index (χ1n) is 8.28. The topological polar surface area (TPSA) is 17.8 Å². The van der Waals surface area contributed by atoms with E-state index in [2.05, 4.69) is 25.1 Å². The van der Waals surface area contributed by atoms with Crippen molar-refractivity contribution in [2.24, 2.45) is 11.3 Å². The summed E-state index contributed by atoms with van der Waals surface area (Å²) in [6, 6.07) is 0. The molecule has 1 aliphatic carbocycles. The molecule has 0 N–H and O–H groups in total. The van der Waals surface area contributed by atoms with Gasteiger partial charge in [-0.2, -0.15) is 5.10 Å². The highest BCUT2D eigenvalue weighted by Gasteiger charge is 2.34. The van der Waals surface area contributed by atoms with Crippen LogP contribution in [-0.4, -0.2) is 15.7 Å². The maximum Gasteiger partial charge on any atom is 0.0521 e. The van der Waals surface area contributed by atoms with E-state index < -0.39 is 0 Å². The van der Waals surface area contributed by atoms with Gasteiger partial charge in [0.25, 0.3) is 0 Å². The molecular formula is C17H29ClN2. The van der Waals surface area contributed by atoms with E-state index >= 15 is 0 Å². The van der Waals surface area contributed by atoms with E-state index in [1.807, 2.05) is 10.9 Å². The van der Waals surface area contributed by atoms with E-state index in [0.717, 1.165) is 24.8 Å². The monoisotopic (exact) mass is 296 g/mol. The molecule has 0 unspecified atom stereocenters. The number of aryl methyl sites for hydroxylation is 1. The summed E-state index contributed by atoms with van der Waals surface area (Å²) in [5, 5.41) is 4.39. The Balaban J connectivity index is 1.91. The van der Waals surface area contributed by atoms with E-state index in [1.165, 1.54) is 50.5 Å². The van der Waals surface area contributed by atoms with Crippen molar-refractivity contribution in [1.82, 2.24) is 9.78 Å². The second-order valence-corrected chi connectivity index (χ2v) is 6.87. The van der Waals surface area contributed by atoms with Crippen LogP contribution in [-0.2, 0) is 13.0 Å². The molecule has 0 saturated heterocycles. The molecule has 1 fully saturated rings. The number of nitrogens with zero attached hydrogens (tertiary/aromatic N) is 2. The zero-order valence-corrected chi connectivity index (χ0v) is 13.8. The minimum Gasteiger partial charge on any atom is -0.273 e. The molecule has 0 aliphatic heterocycles. The molecule has 0 amide bonds. The van der Waals surface area contributed by atoms with Crippen LogP contribution >= 0.6 is 11.6 Å². The Bertz CT molecular complexity index is 391. The SMILES string of the molecule is CCCCC1CCC(CCl)(Cc2cnn(CC)c2)CC1. The van der Waals surface area contributed by atoms with Crippen LogP contribution in [0, 0.1) is 11.3 Å². The van der Waals surface area contributed by atoms with Crippen molar-refractivity contribution >= 4 is 11.6 Å². The second kappa shape index (κ2) is 7.49. The number of alkyl halides is 1.